The van der Waals surface area contributed by atoms with Gasteiger partial charge < -0.3 is 4.74 Å². The van der Waals surface area contributed by atoms with Crippen molar-refractivity contribution in [1.29, 1.82) is 0 Å². The molecule has 8 heteroatoms. The quantitative estimate of drug-likeness (QED) is 0.864. The molecule has 0 spiro atoms. The highest BCUT2D eigenvalue weighted by atomic mass is 35.5. The maximum atomic E-state index is 12.2. The molecular weight excluding hydrogens is 340 g/mol. The summed E-state index contributed by atoms with van der Waals surface area (Å²) in [5.74, 6) is 0. The number of hydrogen-bond donors (Lipinski definition) is 2. The van der Waals surface area contributed by atoms with Gasteiger partial charge in [0, 0.05) is 17.3 Å². The zero-order valence-corrected chi connectivity index (χ0v) is 13.8. The third kappa shape index (κ3) is 4.95. The van der Waals surface area contributed by atoms with E-state index in [1.54, 1.807) is 24.3 Å². The Bertz CT molecular complexity index is 774. The van der Waals surface area contributed by atoms with Gasteiger partial charge in [0.2, 0.25) is 10.0 Å². The zero-order valence-electron chi connectivity index (χ0n) is 12.2. The lowest BCUT2D eigenvalue weighted by Crippen LogP contribution is -2.23. The van der Waals surface area contributed by atoms with Gasteiger partial charge in [0.05, 0.1) is 12.0 Å². The van der Waals surface area contributed by atoms with E-state index in [1.165, 1.54) is 31.4 Å². The first-order valence-electron chi connectivity index (χ1n) is 6.60. The monoisotopic (exact) mass is 354 g/mol. The van der Waals surface area contributed by atoms with E-state index in [0.29, 0.717) is 10.7 Å². The maximum absolute atomic E-state index is 12.2. The van der Waals surface area contributed by atoms with Crippen LogP contribution in [0.4, 0.5) is 10.5 Å². The van der Waals surface area contributed by atoms with Crippen molar-refractivity contribution in [3.63, 3.8) is 0 Å². The molecule has 6 nitrogen and oxygen atoms in total. The van der Waals surface area contributed by atoms with Crippen LogP contribution >= 0.6 is 11.6 Å². The summed E-state index contributed by atoms with van der Waals surface area (Å²) < 4.78 is 31.4. The SMILES string of the molecule is COC(=O)Nc1ccc(S(=O)(=O)NCc2ccc(Cl)cc2)cc1. The second-order valence-electron chi connectivity index (χ2n) is 4.59. The van der Waals surface area contributed by atoms with E-state index in [9.17, 15) is 13.2 Å². The minimum absolute atomic E-state index is 0.0990. The van der Waals surface area contributed by atoms with Crippen LogP contribution in [-0.2, 0) is 21.3 Å². The summed E-state index contributed by atoms with van der Waals surface area (Å²) in [6.45, 7) is 0.154. The van der Waals surface area contributed by atoms with E-state index in [0.717, 1.165) is 5.56 Å². The molecule has 0 fully saturated rings. The summed E-state index contributed by atoms with van der Waals surface area (Å²) in [6, 6.07) is 12.6. The fourth-order valence-corrected chi connectivity index (χ4v) is 2.89. The number of halogens is 1. The first-order chi connectivity index (χ1) is 10.9. The van der Waals surface area contributed by atoms with Crippen molar-refractivity contribution in [2.75, 3.05) is 12.4 Å². The van der Waals surface area contributed by atoms with Crippen LogP contribution in [0.3, 0.4) is 0 Å². The van der Waals surface area contributed by atoms with Crippen molar-refractivity contribution >= 4 is 33.4 Å². The standard InChI is InChI=1S/C15H15ClN2O4S/c1-22-15(19)18-13-6-8-14(9-7-13)23(20,21)17-10-11-2-4-12(16)5-3-11/h2-9,17H,10H2,1H3,(H,18,19). The largest absolute Gasteiger partial charge is 0.453 e. The second kappa shape index (κ2) is 7.45. The minimum Gasteiger partial charge on any atom is -0.453 e. The molecule has 2 aromatic rings. The third-order valence-corrected chi connectivity index (χ3v) is 4.65. The summed E-state index contributed by atoms with van der Waals surface area (Å²) in [4.78, 5) is 11.2. The van der Waals surface area contributed by atoms with E-state index in [4.69, 9.17) is 11.6 Å². The Kier molecular flexibility index (Phi) is 5.59. The molecule has 122 valence electrons. The van der Waals surface area contributed by atoms with E-state index >= 15 is 0 Å². The van der Waals surface area contributed by atoms with Crippen LogP contribution in [-0.4, -0.2) is 21.6 Å². The summed E-state index contributed by atoms with van der Waals surface area (Å²) in [5.41, 5.74) is 1.23. The predicted molar refractivity (Wildman–Crippen MR) is 87.9 cm³/mol. The van der Waals surface area contributed by atoms with Crippen LogP contribution in [0.25, 0.3) is 0 Å². The molecule has 0 unspecified atom stereocenters. The Morgan fingerprint density at radius 3 is 2.26 bits per heavy atom. The molecule has 2 rings (SSSR count). The molecule has 0 radical (unpaired) electrons. The first-order valence-corrected chi connectivity index (χ1v) is 8.46. The molecule has 23 heavy (non-hydrogen) atoms. The molecule has 2 N–H and O–H groups in total. The number of ether oxygens (including phenoxy) is 1. The van der Waals surface area contributed by atoms with Crippen molar-refractivity contribution in [3.8, 4) is 0 Å². The molecule has 0 saturated carbocycles. The number of carbonyl (C=O) groups is 1. The number of nitrogens with one attached hydrogen (secondary N) is 2. The minimum atomic E-state index is -3.65. The predicted octanol–water partition coefficient (Wildman–Crippen LogP) is 3.00. The van der Waals surface area contributed by atoms with Crippen molar-refractivity contribution in [1.82, 2.24) is 4.72 Å². The number of carbonyl (C=O) groups excluding carboxylic acids is 1. The van der Waals surface area contributed by atoms with Crippen molar-refractivity contribution in [2.24, 2.45) is 0 Å². The maximum Gasteiger partial charge on any atom is 0.411 e. The fraction of sp³-hybridized carbons (Fsp3) is 0.133. The van der Waals surface area contributed by atoms with Gasteiger partial charge >= 0.3 is 6.09 Å². The second-order valence-corrected chi connectivity index (χ2v) is 6.80. The van der Waals surface area contributed by atoms with Gasteiger partial charge in [-0.2, -0.15) is 0 Å². The van der Waals surface area contributed by atoms with Crippen LogP contribution in [0.2, 0.25) is 5.02 Å². The number of methoxy groups -OCH3 is 1. The lowest BCUT2D eigenvalue weighted by atomic mass is 10.2. The van der Waals surface area contributed by atoms with Gasteiger partial charge in [-0.3, -0.25) is 5.32 Å². The van der Waals surface area contributed by atoms with E-state index in [1.807, 2.05) is 0 Å². The Hall–Kier alpha value is -2.09. The number of benzene rings is 2. The van der Waals surface area contributed by atoms with Crippen LogP contribution in [0, 0.1) is 0 Å². The number of hydrogen-bond acceptors (Lipinski definition) is 4. The van der Waals surface area contributed by atoms with Gasteiger partial charge in [-0.25, -0.2) is 17.9 Å². The van der Waals surface area contributed by atoms with Crippen LogP contribution in [0.15, 0.2) is 53.4 Å². The number of amides is 1. The molecule has 0 heterocycles. The molecule has 1 amide bonds. The van der Waals surface area contributed by atoms with Gasteiger partial charge in [-0.15, -0.1) is 0 Å². The highest BCUT2D eigenvalue weighted by Gasteiger charge is 2.13. The molecule has 0 bridgehead atoms. The van der Waals surface area contributed by atoms with Crippen LogP contribution < -0.4 is 10.0 Å². The normalized spacial score (nSPS) is 11.0. The third-order valence-electron chi connectivity index (χ3n) is 2.98. The Morgan fingerprint density at radius 1 is 1.09 bits per heavy atom. The van der Waals surface area contributed by atoms with Crippen molar-refractivity contribution < 1.29 is 17.9 Å². The van der Waals surface area contributed by atoms with Gasteiger partial charge in [-0.05, 0) is 42.0 Å². The molecule has 0 saturated heterocycles. The molecule has 0 aliphatic heterocycles. The first kappa shape index (κ1) is 17.3. The lowest BCUT2D eigenvalue weighted by Gasteiger charge is -2.08. The average molecular weight is 355 g/mol. The molecule has 0 aromatic heterocycles. The Balaban J connectivity index is 2.04. The lowest BCUT2D eigenvalue weighted by molar-refractivity contribution is 0.187. The Morgan fingerprint density at radius 2 is 1.70 bits per heavy atom. The molecule has 0 atom stereocenters. The summed E-state index contributed by atoms with van der Waals surface area (Å²) in [5, 5.41) is 3.03. The van der Waals surface area contributed by atoms with E-state index in [2.05, 4.69) is 14.8 Å². The van der Waals surface area contributed by atoms with Gasteiger partial charge in [0.25, 0.3) is 0 Å². The molecular formula is C15H15ClN2O4S. The van der Waals surface area contributed by atoms with Crippen molar-refractivity contribution in [3.05, 3.63) is 59.1 Å². The summed E-state index contributed by atoms with van der Waals surface area (Å²) >= 11 is 5.78. The van der Waals surface area contributed by atoms with Gasteiger partial charge in [0.15, 0.2) is 0 Å². The van der Waals surface area contributed by atoms with Crippen LogP contribution in [0.1, 0.15) is 5.56 Å². The number of sulfonamides is 1. The fourth-order valence-electron chi connectivity index (χ4n) is 1.75. The average Bonchev–Trinajstić information content (AvgIpc) is 2.55. The Labute approximate surface area is 139 Å². The van der Waals surface area contributed by atoms with Gasteiger partial charge in [0.1, 0.15) is 0 Å². The molecule has 2 aromatic carbocycles. The smallest absolute Gasteiger partial charge is 0.411 e. The number of anilines is 1. The molecule has 0 aliphatic rings. The van der Waals surface area contributed by atoms with E-state index < -0.39 is 16.1 Å². The topological polar surface area (TPSA) is 84.5 Å². The van der Waals surface area contributed by atoms with Gasteiger partial charge in [-0.1, -0.05) is 23.7 Å². The summed E-state index contributed by atoms with van der Waals surface area (Å²) in [6.07, 6.45) is -0.624. The zero-order chi connectivity index (χ0) is 16.9. The van der Waals surface area contributed by atoms with Crippen molar-refractivity contribution in [2.45, 2.75) is 11.4 Å². The highest BCUT2D eigenvalue weighted by Crippen LogP contribution is 2.15. The summed E-state index contributed by atoms with van der Waals surface area (Å²) in [7, 11) is -2.40. The highest BCUT2D eigenvalue weighted by molar-refractivity contribution is 7.89. The molecule has 0 aliphatic carbocycles. The van der Waals surface area contributed by atoms with Crippen LogP contribution in [0.5, 0.6) is 0 Å². The van der Waals surface area contributed by atoms with E-state index in [-0.39, 0.29) is 11.4 Å². The number of rotatable bonds is 5.